The molecule has 0 fully saturated rings. The zero-order valence-electron chi connectivity index (χ0n) is 8.98. The van der Waals surface area contributed by atoms with Gasteiger partial charge in [-0.05, 0) is 12.1 Å². The molecule has 0 aromatic heterocycles. The number of methoxy groups -OCH3 is 2. The van der Waals surface area contributed by atoms with Gasteiger partial charge in [-0.15, -0.1) is 0 Å². The van der Waals surface area contributed by atoms with Gasteiger partial charge in [-0.25, -0.2) is 4.79 Å². The summed E-state index contributed by atoms with van der Waals surface area (Å²) in [6.07, 6.45) is 0. The van der Waals surface area contributed by atoms with E-state index in [1.54, 1.807) is 0 Å². The molecule has 0 saturated heterocycles. The summed E-state index contributed by atoms with van der Waals surface area (Å²) in [5.74, 6) is -0.399. The first kappa shape index (κ1) is 12.0. The van der Waals surface area contributed by atoms with Gasteiger partial charge in [0.05, 0.1) is 32.5 Å². The van der Waals surface area contributed by atoms with Crippen molar-refractivity contribution in [2.75, 3.05) is 14.2 Å². The lowest BCUT2D eigenvalue weighted by molar-refractivity contribution is 0.0596. The molecule has 0 aliphatic rings. The van der Waals surface area contributed by atoms with Crippen molar-refractivity contribution in [1.29, 1.82) is 5.26 Å². The van der Waals surface area contributed by atoms with Crippen LogP contribution in [0.25, 0.3) is 0 Å². The molecule has 1 rings (SSSR count). The summed E-state index contributed by atoms with van der Waals surface area (Å²) in [7, 11) is 2.61. The van der Waals surface area contributed by atoms with Gasteiger partial charge in [-0.1, -0.05) is 0 Å². The molecular formula is C11H11NO4. The molecule has 5 heteroatoms. The Bertz CT molecular complexity index is 448. The minimum atomic E-state index is -0.573. The second-order valence-corrected chi connectivity index (χ2v) is 2.93. The van der Waals surface area contributed by atoms with Gasteiger partial charge in [0.2, 0.25) is 0 Å². The minimum absolute atomic E-state index is 0.174. The molecule has 0 atom stereocenters. The standard InChI is InChI=1S/C11H11NO4/c1-15-10-8(11(14)16-2)4-3-7(5-12)9(10)6-13/h3-4,13H,6H2,1-2H3. The Hall–Kier alpha value is -2.06. The van der Waals surface area contributed by atoms with Crippen molar-refractivity contribution in [2.24, 2.45) is 0 Å². The fourth-order valence-electron chi connectivity index (χ4n) is 1.39. The van der Waals surface area contributed by atoms with Crippen molar-refractivity contribution in [3.63, 3.8) is 0 Å². The van der Waals surface area contributed by atoms with Crippen LogP contribution in [0.2, 0.25) is 0 Å². The van der Waals surface area contributed by atoms with Crippen LogP contribution in [0.3, 0.4) is 0 Å². The number of benzene rings is 1. The number of carbonyl (C=O) groups is 1. The third-order valence-electron chi connectivity index (χ3n) is 2.15. The molecule has 1 aromatic rings. The highest BCUT2D eigenvalue weighted by molar-refractivity contribution is 5.93. The first-order valence-electron chi connectivity index (χ1n) is 4.48. The zero-order chi connectivity index (χ0) is 12.1. The topological polar surface area (TPSA) is 79.6 Å². The Balaban J connectivity index is 3.44. The predicted molar refractivity (Wildman–Crippen MR) is 55.0 cm³/mol. The number of nitrogens with zero attached hydrogens (tertiary/aromatic N) is 1. The maximum atomic E-state index is 11.4. The van der Waals surface area contributed by atoms with Crippen molar-refractivity contribution in [1.82, 2.24) is 0 Å². The van der Waals surface area contributed by atoms with E-state index in [0.717, 1.165) is 0 Å². The maximum absolute atomic E-state index is 11.4. The van der Waals surface area contributed by atoms with E-state index in [2.05, 4.69) is 4.74 Å². The molecule has 1 aromatic carbocycles. The highest BCUT2D eigenvalue weighted by atomic mass is 16.5. The van der Waals surface area contributed by atoms with Crippen LogP contribution in [0.15, 0.2) is 12.1 Å². The number of esters is 1. The lowest BCUT2D eigenvalue weighted by Crippen LogP contribution is -2.07. The fraction of sp³-hybridized carbons (Fsp3) is 0.273. The summed E-state index contributed by atoms with van der Waals surface area (Å²) in [5, 5.41) is 18.0. The molecular weight excluding hydrogens is 210 g/mol. The van der Waals surface area contributed by atoms with E-state index in [1.165, 1.54) is 26.4 Å². The maximum Gasteiger partial charge on any atom is 0.341 e. The molecule has 0 amide bonds. The van der Waals surface area contributed by atoms with E-state index in [-0.39, 0.29) is 29.0 Å². The lowest BCUT2D eigenvalue weighted by Gasteiger charge is -2.11. The average Bonchev–Trinajstić information content (AvgIpc) is 2.35. The van der Waals surface area contributed by atoms with Crippen LogP contribution in [0.4, 0.5) is 0 Å². The van der Waals surface area contributed by atoms with Gasteiger partial charge in [-0.2, -0.15) is 5.26 Å². The van der Waals surface area contributed by atoms with Gasteiger partial charge in [0.1, 0.15) is 11.3 Å². The van der Waals surface area contributed by atoms with E-state index in [0.29, 0.717) is 0 Å². The van der Waals surface area contributed by atoms with Crippen molar-refractivity contribution in [3.8, 4) is 11.8 Å². The molecule has 0 heterocycles. The van der Waals surface area contributed by atoms with Gasteiger partial charge < -0.3 is 14.6 Å². The van der Waals surface area contributed by atoms with Crippen LogP contribution in [0, 0.1) is 11.3 Å². The number of aliphatic hydroxyl groups is 1. The molecule has 0 saturated carbocycles. The Labute approximate surface area is 92.8 Å². The normalized spacial score (nSPS) is 9.38. The molecule has 0 bridgehead atoms. The summed E-state index contributed by atoms with van der Waals surface area (Å²) in [6, 6.07) is 4.79. The third-order valence-corrected chi connectivity index (χ3v) is 2.15. The Morgan fingerprint density at radius 3 is 2.62 bits per heavy atom. The van der Waals surface area contributed by atoms with Crippen LogP contribution >= 0.6 is 0 Å². The second-order valence-electron chi connectivity index (χ2n) is 2.93. The van der Waals surface area contributed by atoms with E-state index in [4.69, 9.17) is 15.1 Å². The molecule has 0 aliphatic carbocycles. The second kappa shape index (κ2) is 5.14. The third kappa shape index (κ3) is 1.97. The smallest absolute Gasteiger partial charge is 0.341 e. The highest BCUT2D eigenvalue weighted by Crippen LogP contribution is 2.27. The van der Waals surface area contributed by atoms with Gasteiger partial charge in [0.25, 0.3) is 0 Å². The molecule has 84 valence electrons. The number of rotatable bonds is 3. The van der Waals surface area contributed by atoms with Gasteiger partial charge in [-0.3, -0.25) is 0 Å². The molecule has 0 aliphatic heterocycles. The van der Waals surface area contributed by atoms with E-state index in [9.17, 15) is 4.79 Å². The molecule has 0 radical (unpaired) electrons. The van der Waals surface area contributed by atoms with Gasteiger partial charge in [0, 0.05) is 5.56 Å². The van der Waals surface area contributed by atoms with Crippen LogP contribution in [-0.4, -0.2) is 25.3 Å². The number of carbonyl (C=O) groups excluding carboxylic acids is 1. The summed E-state index contributed by atoms with van der Waals surface area (Å²) in [5.41, 5.74) is 0.743. The number of nitriles is 1. The molecule has 5 nitrogen and oxygen atoms in total. The van der Waals surface area contributed by atoms with Crippen molar-refractivity contribution in [2.45, 2.75) is 6.61 Å². The van der Waals surface area contributed by atoms with Gasteiger partial charge in [0.15, 0.2) is 0 Å². The predicted octanol–water partition coefficient (Wildman–Crippen LogP) is 0.846. The van der Waals surface area contributed by atoms with Crippen LogP contribution in [0.5, 0.6) is 5.75 Å². The monoisotopic (exact) mass is 221 g/mol. The number of ether oxygens (including phenoxy) is 2. The van der Waals surface area contributed by atoms with Crippen LogP contribution in [-0.2, 0) is 11.3 Å². The molecule has 16 heavy (non-hydrogen) atoms. The number of hydrogen-bond acceptors (Lipinski definition) is 5. The highest BCUT2D eigenvalue weighted by Gasteiger charge is 2.18. The van der Waals surface area contributed by atoms with Crippen molar-refractivity contribution >= 4 is 5.97 Å². The quantitative estimate of drug-likeness (QED) is 0.765. The van der Waals surface area contributed by atoms with E-state index < -0.39 is 5.97 Å². The lowest BCUT2D eigenvalue weighted by atomic mass is 10.0. The SMILES string of the molecule is COC(=O)c1ccc(C#N)c(CO)c1OC. The first-order chi connectivity index (χ1) is 7.69. The fourth-order valence-corrected chi connectivity index (χ4v) is 1.39. The molecule has 1 N–H and O–H groups in total. The Morgan fingerprint density at radius 1 is 1.50 bits per heavy atom. The van der Waals surface area contributed by atoms with E-state index >= 15 is 0 Å². The molecule has 0 unspecified atom stereocenters. The summed E-state index contributed by atoms with van der Waals surface area (Å²) >= 11 is 0. The number of hydrogen-bond donors (Lipinski definition) is 1. The summed E-state index contributed by atoms with van der Waals surface area (Å²) in [4.78, 5) is 11.4. The van der Waals surface area contributed by atoms with Crippen LogP contribution in [0.1, 0.15) is 21.5 Å². The van der Waals surface area contributed by atoms with Crippen LogP contribution < -0.4 is 4.74 Å². The largest absolute Gasteiger partial charge is 0.495 e. The minimum Gasteiger partial charge on any atom is -0.495 e. The zero-order valence-corrected chi connectivity index (χ0v) is 8.98. The Kier molecular flexibility index (Phi) is 3.86. The van der Waals surface area contributed by atoms with E-state index in [1.807, 2.05) is 6.07 Å². The Morgan fingerprint density at radius 2 is 2.19 bits per heavy atom. The van der Waals surface area contributed by atoms with Crippen molar-refractivity contribution in [3.05, 3.63) is 28.8 Å². The molecule has 0 spiro atoms. The number of aliphatic hydroxyl groups excluding tert-OH is 1. The summed E-state index contributed by atoms with van der Waals surface area (Å²) in [6.45, 7) is -0.378. The first-order valence-corrected chi connectivity index (χ1v) is 4.48. The summed E-state index contributed by atoms with van der Waals surface area (Å²) < 4.78 is 9.59. The van der Waals surface area contributed by atoms with Crippen molar-refractivity contribution < 1.29 is 19.4 Å². The van der Waals surface area contributed by atoms with Gasteiger partial charge >= 0.3 is 5.97 Å². The average molecular weight is 221 g/mol.